The molecule has 26 heavy (non-hydrogen) atoms. The molecule has 6 heteroatoms. The Balaban J connectivity index is 2.35. The summed E-state index contributed by atoms with van der Waals surface area (Å²) in [5.41, 5.74) is 0.876. The first-order valence-corrected chi connectivity index (χ1v) is 9.05. The number of ether oxygens (including phenoxy) is 2. The number of amides is 1. The van der Waals surface area contributed by atoms with E-state index in [1.54, 1.807) is 18.9 Å². The van der Waals surface area contributed by atoms with E-state index in [9.17, 15) is 9.59 Å². The largest absolute Gasteiger partial charge is 0.497 e. The summed E-state index contributed by atoms with van der Waals surface area (Å²) < 4.78 is 10.5. The van der Waals surface area contributed by atoms with Gasteiger partial charge in [-0.15, -0.1) is 0 Å². The summed E-state index contributed by atoms with van der Waals surface area (Å²) >= 11 is 0. The molecule has 1 fully saturated rings. The van der Waals surface area contributed by atoms with Gasteiger partial charge in [0.1, 0.15) is 11.8 Å². The SMILES string of the molecule is CCCCN1C(=O)CC[C@H](C(=O)O[C@@H](C)C#N)[C@H]1c1ccc(OC)cc1. The van der Waals surface area contributed by atoms with Gasteiger partial charge in [-0.1, -0.05) is 25.5 Å². The Hall–Kier alpha value is -2.55. The molecule has 1 saturated heterocycles. The van der Waals surface area contributed by atoms with E-state index in [1.165, 1.54) is 0 Å². The van der Waals surface area contributed by atoms with Crippen LogP contribution in [0.2, 0.25) is 0 Å². The highest BCUT2D eigenvalue weighted by molar-refractivity contribution is 5.82. The minimum Gasteiger partial charge on any atom is -0.497 e. The number of carbonyl (C=O) groups excluding carboxylic acids is 2. The first-order chi connectivity index (χ1) is 12.5. The number of hydrogen-bond acceptors (Lipinski definition) is 5. The van der Waals surface area contributed by atoms with Crippen molar-refractivity contribution in [2.45, 2.75) is 51.7 Å². The lowest BCUT2D eigenvalue weighted by molar-refractivity contribution is -0.159. The van der Waals surface area contributed by atoms with Crippen molar-refractivity contribution in [1.82, 2.24) is 4.90 Å². The lowest BCUT2D eigenvalue weighted by Gasteiger charge is -2.40. The van der Waals surface area contributed by atoms with E-state index in [-0.39, 0.29) is 11.9 Å². The maximum atomic E-state index is 12.7. The number of nitrogens with zero attached hydrogens (tertiary/aromatic N) is 2. The number of carbonyl (C=O) groups is 2. The van der Waals surface area contributed by atoms with E-state index >= 15 is 0 Å². The number of esters is 1. The van der Waals surface area contributed by atoms with E-state index in [2.05, 4.69) is 6.92 Å². The highest BCUT2D eigenvalue weighted by atomic mass is 16.5. The summed E-state index contributed by atoms with van der Waals surface area (Å²) in [4.78, 5) is 27.0. The van der Waals surface area contributed by atoms with Gasteiger partial charge in [0.2, 0.25) is 5.91 Å². The molecule has 0 aromatic heterocycles. The molecule has 0 aliphatic carbocycles. The molecule has 1 aliphatic heterocycles. The maximum Gasteiger partial charge on any atom is 0.312 e. The second kappa shape index (κ2) is 9.23. The number of methoxy groups -OCH3 is 1. The second-order valence-corrected chi connectivity index (χ2v) is 6.51. The minimum absolute atomic E-state index is 0.0525. The van der Waals surface area contributed by atoms with E-state index in [0.29, 0.717) is 25.1 Å². The summed E-state index contributed by atoms with van der Waals surface area (Å²) in [5.74, 6) is -0.132. The average molecular weight is 358 g/mol. The van der Waals surface area contributed by atoms with Crippen LogP contribution in [0.4, 0.5) is 0 Å². The van der Waals surface area contributed by atoms with Gasteiger partial charge in [-0.25, -0.2) is 0 Å². The molecular weight excluding hydrogens is 332 g/mol. The van der Waals surface area contributed by atoms with Crippen LogP contribution >= 0.6 is 0 Å². The summed E-state index contributed by atoms with van der Waals surface area (Å²) in [6, 6.07) is 8.96. The maximum absolute atomic E-state index is 12.7. The molecule has 3 atom stereocenters. The fourth-order valence-electron chi connectivity index (χ4n) is 3.29. The molecule has 6 nitrogen and oxygen atoms in total. The lowest BCUT2D eigenvalue weighted by atomic mass is 9.84. The quantitative estimate of drug-likeness (QED) is 0.699. The van der Waals surface area contributed by atoms with Gasteiger partial charge in [0.15, 0.2) is 6.10 Å². The van der Waals surface area contributed by atoms with Crippen LogP contribution < -0.4 is 4.74 Å². The Morgan fingerprint density at radius 1 is 1.38 bits per heavy atom. The van der Waals surface area contributed by atoms with Crippen molar-refractivity contribution in [3.63, 3.8) is 0 Å². The van der Waals surface area contributed by atoms with Crippen LogP contribution in [0.3, 0.4) is 0 Å². The molecule has 1 aromatic carbocycles. The molecule has 1 amide bonds. The molecule has 1 heterocycles. The van der Waals surface area contributed by atoms with Gasteiger partial charge in [0.25, 0.3) is 0 Å². The first-order valence-electron chi connectivity index (χ1n) is 9.05. The summed E-state index contributed by atoms with van der Waals surface area (Å²) in [6.07, 6.45) is 1.77. The standard InChI is InChI=1S/C20H26N2O4/c1-4-5-12-22-18(23)11-10-17(20(24)26-14(2)13-21)19(22)15-6-8-16(25-3)9-7-15/h6-9,14,17,19H,4-5,10-12H2,1-3H3/t14-,17-,19+/m0/s1. The third-order valence-corrected chi connectivity index (χ3v) is 4.69. The van der Waals surface area contributed by atoms with Crippen molar-refractivity contribution in [1.29, 1.82) is 5.26 Å². The molecule has 0 unspecified atom stereocenters. The molecule has 0 radical (unpaired) electrons. The number of unbranched alkanes of at least 4 members (excludes halogenated alkanes) is 1. The summed E-state index contributed by atoms with van der Waals surface area (Å²) in [5, 5.41) is 8.93. The van der Waals surface area contributed by atoms with Crippen LogP contribution in [0.5, 0.6) is 5.75 Å². The van der Waals surface area contributed by atoms with E-state index in [4.69, 9.17) is 14.7 Å². The zero-order valence-electron chi connectivity index (χ0n) is 15.6. The summed E-state index contributed by atoms with van der Waals surface area (Å²) in [6.45, 7) is 4.21. The number of rotatable bonds is 7. The van der Waals surface area contributed by atoms with Gasteiger partial charge in [0.05, 0.1) is 19.1 Å². The van der Waals surface area contributed by atoms with Crippen LogP contribution in [-0.2, 0) is 14.3 Å². The van der Waals surface area contributed by atoms with Crippen molar-refractivity contribution in [2.75, 3.05) is 13.7 Å². The predicted molar refractivity (Wildman–Crippen MR) is 96.2 cm³/mol. The molecule has 0 saturated carbocycles. The van der Waals surface area contributed by atoms with Crippen LogP contribution in [0.15, 0.2) is 24.3 Å². The number of nitriles is 1. The van der Waals surface area contributed by atoms with Crippen LogP contribution in [0, 0.1) is 17.2 Å². The zero-order valence-corrected chi connectivity index (χ0v) is 15.6. The lowest BCUT2D eigenvalue weighted by Crippen LogP contribution is -2.46. The predicted octanol–water partition coefficient (Wildman–Crippen LogP) is 3.23. The van der Waals surface area contributed by atoms with Gasteiger partial charge in [-0.05, 0) is 37.5 Å². The molecule has 2 rings (SSSR count). The third-order valence-electron chi connectivity index (χ3n) is 4.69. The fourth-order valence-corrected chi connectivity index (χ4v) is 3.29. The third kappa shape index (κ3) is 4.54. The first kappa shape index (κ1) is 19.8. The van der Waals surface area contributed by atoms with Gasteiger partial charge in [-0.2, -0.15) is 5.26 Å². The normalized spacial score (nSPS) is 21.0. The van der Waals surface area contributed by atoms with Crippen molar-refractivity contribution in [3.8, 4) is 11.8 Å². The summed E-state index contributed by atoms with van der Waals surface area (Å²) in [7, 11) is 1.59. The highest BCUT2D eigenvalue weighted by Crippen LogP contribution is 2.38. The Bertz CT molecular complexity index is 665. The van der Waals surface area contributed by atoms with Crippen molar-refractivity contribution < 1.29 is 19.1 Å². The van der Waals surface area contributed by atoms with E-state index in [0.717, 1.165) is 18.4 Å². The Labute approximate surface area is 154 Å². The van der Waals surface area contributed by atoms with Crippen molar-refractivity contribution >= 4 is 11.9 Å². The van der Waals surface area contributed by atoms with Crippen molar-refractivity contribution in [2.24, 2.45) is 5.92 Å². The Morgan fingerprint density at radius 3 is 2.65 bits per heavy atom. The molecule has 0 bridgehead atoms. The van der Waals surface area contributed by atoms with Gasteiger partial charge < -0.3 is 14.4 Å². The number of piperidine rings is 1. The molecule has 0 N–H and O–H groups in total. The average Bonchev–Trinajstić information content (AvgIpc) is 2.66. The minimum atomic E-state index is -0.805. The van der Waals surface area contributed by atoms with Gasteiger partial charge in [-0.3, -0.25) is 9.59 Å². The fraction of sp³-hybridized carbons (Fsp3) is 0.550. The topological polar surface area (TPSA) is 79.6 Å². The smallest absolute Gasteiger partial charge is 0.312 e. The second-order valence-electron chi connectivity index (χ2n) is 6.51. The van der Waals surface area contributed by atoms with Crippen LogP contribution in [-0.4, -0.2) is 36.5 Å². The van der Waals surface area contributed by atoms with E-state index in [1.807, 2.05) is 30.3 Å². The number of hydrogen-bond donors (Lipinski definition) is 0. The molecule has 1 aromatic rings. The Kier molecular flexibility index (Phi) is 7.02. The number of benzene rings is 1. The van der Waals surface area contributed by atoms with E-state index < -0.39 is 18.0 Å². The van der Waals surface area contributed by atoms with Gasteiger partial charge >= 0.3 is 5.97 Å². The van der Waals surface area contributed by atoms with Crippen LogP contribution in [0.1, 0.15) is 51.1 Å². The monoisotopic (exact) mass is 358 g/mol. The molecule has 140 valence electrons. The zero-order chi connectivity index (χ0) is 19.1. The Morgan fingerprint density at radius 2 is 2.08 bits per heavy atom. The highest BCUT2D eigenvalue weighted by Gasteiger charge is 2.41. The number of likely N-dealkylation sites (tertiary alicyclic amines) is 1. The van der Waals surface area contributed by atoms with Crippen molar-refractivity contribution in [3.05, 3.63) is 29.8 Å². The van der Waals surface area contributed by atoms with Crippen LogP contribution in [0.25, 0.3) is 0 Å². The molecular formula is C20H26N2O4. The van der Waals surface area contributed by atoms with Gasteiger partial charge in [0, 0.05) is 13.0 Å². The molecule has 0 spiro atoms. The molecule has 1 aliphatic rings.